The van der Waals surface area contributed by atoms with Crippen LogP contribution in [0.15, 0.2) is 67.0 Å². The number of pyridine rings is 1. The van der Waals surface area contributed by atoms with Gasteiger partial charge in [0, 0.05) is 36.2 Å². The second-order valence-electron chi connectivity index (χ2n) is 9.32. The van der Waals surface area contributed by atoms with Gasteiger partial charge >= 0.3 is 0 Å². The molecule has 37 heavy (non-hydrogen) atoms. The predicted octanol–water partition coefficient (Wildman–Crippen LogP) is 4.95. The van der Waals surface area contributed by atoms with Gasteiger partial charge in [0.2, 0.25) is 0 Å². The second kappa shape index (κ2) is 11.7. The van der Waals surface area contributed by atoms with Crippen LogP contribution in [0.3, 0.4) is 0 Å². The number of fused-ring (bicyclic) bond motifs is 1. The lowest BCUT2D eigenvalue weighted by Crippen LogP contribution is -2.37. The molecule has 1 amide bonds. The Bertz CT molecular complexity index is 1420. The normalized spacial score (nSPS) is 11.9. The molecule has 2 heterocycles. The van der Waals surface area contributed by atoms with Crippen LogP contribution in [0.5, 0.6) is 5.75 Å². The number of benzene rings is 2. The standard InChI is InChI=1S/C30H32N4O3/c1-4-22-6-5-14-34-19-27(33-29(22)34)23-9-7-21(8-10-23)16-26(13-15-35)32-30(36)24-11-12-28(37-20(2)3)25(17-24)18-31/h5-12,14,17,19-20,26,35H,4,13,15-16H2,1-3H3,(H,32,36)/t26-/m1/s1. The fourth-order valence-electron chi connectivity index (χ4n) is 4.35. The molecule has 0 aliphatic heterocycles. The number of rotatable bonds is 10. The molecular formula is C30H32N4O3. The first-order valence-corrected chi connectivity index (χ1v) is 12.6. The SMILES string of the molecule is CCc1cccn2cc(-c3ccc(C[C@@H](CCO)NC(=O)c4ccc(OC(C)C)c(C#N)c4)cc3)nc12. The van der Waals surface area contributed by atoms with Crippen molar-refractivity contribution in [2.75, 3.05) is 6.61 Å². The third kappa shape index (κ3) is 6.16. The fourth-order valence-corrected chi connectivity index (χ4v) is 4.35. The number of aliphatic hydroxyl groups excluding tert-OH is 1. The van der Waals surface area contributed by atoms with E-state index >= 15 is 0 Å². The molecule has 0 radical (unpaired) electrons. The first kappa shape index (κ1) is 25.9. The second-order valence-corrected chi connectivity index (χ2v) is 9.32. The summed E-state index contributed by atoms with van der Waals surface area (Å²) in [6.07, 6.45) is 5.87. The van der Waals surface area contributed by atoms with Crippen LogP contribution >= 0.6 is 0 Å². The zero-order valence-electron chi connectivity index (χ0n) is 21.4. The number of imidazole rings is 1. The third-order valence-corrected chi connectivity index (χ3v) is 6.21. The Morgan fingerprint density at radius 1 is 1.19 bits per heavy atom. The number of carbonyl (C=O) groups is 1. The highest BCUT2D eigenvalue weighted by Crippen LogP contribution is 2.23. The molecule has 2 N–H and O–H groups in total. The number of aliphatic hydroxyl groups is 1. The van der Waals surface area contributed by atoms with E-state index in [1.165, 1.54) is 11.6 Å². The molecule has 4 rings (SSSR count). The topological polar surface area (TPSA) is 99.6 Å². The summed E-state index contributed by atoms with van der Waals surface area (Å²) in [6, 6.07) is 18.9. The Morgan fingerprint density at radius 3 is 2.65 bits per heavy atom. The Kier molecular flexibility index (Phi) is 8.22. The Hall–Kier alpha value is -4.15. The highest BCUT2D eigenvalue weighted by atomic mass is 16.5. The summed E-state index contributed by atoms with van der Waals surface area (Å²) in [6.45, 7) is 5.84. The number of aromatic nitrogens is 2. The van der Waals surface area contributed by atoms with Crippen LogP contribution in [0.4, 0.5) is 0 Å². The minimum absolute atomic E-state index is 0.0470. The van der Waals surface area contributed by atoms with E-state index in [0.29, 0.717) is 29.7 Å². The van der Waals surface area contributed by atoms with E-state index in [1.807, 2.05) is 61.0 Å². The molecule has 1 atom stereocenters. The van der Waals surface area contributed by atoms with Crippen molar-refractivity contribution in [2.45, 2.75) is 52.2 Å². The number of nitrogens with zero attached hydrogens (tertiary/aromatic N) is 3. The highest BCUT2D eigenvalue weighted by Gasteiger charge is 2.17. The minimum Gasteiger partial charge on any atom is -0.490 e. The van der Waals surface area contributed by atoms with E-state index < -0.39 is 0 Å². The van der Waals surface area contributed by atoms with Crippen LogP contribution in [-0.4, -0.2) is 39.2 Å². The number of carbonyl (C=O) groups excluding carboxylic acids is 1. The van der Waals surface area contributed by atoms with Gasteiger partial charge in [0.25, 0.3) is 5.91 Å². The van der Waals surface area contributed by atoms with Crippen LogP contribution in [-0.2, 0) is 12.8 Å². The van der Waals surface area contributed by atoms with Gasteiger partial charge in [-0.15, -0.1) is 0 Å². The van der Waals surface area contributed by atoms with Crippen molar-refractivity contribution in [1.29, 1.82) is 5.26 Å². The molecule has 0 fully saturated rings. The van der Waals surface area contributed by atoms with Crippen molar-refractivity contribution in [3.8, 4) is 23.1 Å². The summed E-state index contributed by atoms with van der Waals surface area (Å²) in [5, 5.41) is 22.1. The molecule has 0 aliphatic rings. The summed E-state index contributed by atoms with van der Waals surface area (Å²) < 4.78 is 7.70. The molecule has 7 nitrogen and oxygen atoms in total. The third-order valence-electron chi connectivity index (χ3n) is 6.21. The molecule has 0 bridgehead atoms. The van der Waals surface area contributed by atoms with Crippen LogP contribution < -0.4 is 10.1 Å². The van der Waals surface area contributed by atoms with Gasteiger partial charge < -0.3 is 19.6 Å². The largest absolute Gasteiger partial charge is 0.490 e. The molecule has 0 saturated heterocycles. The van der Waals surface area contributed by atoms with Crippen molar-refractivity contribution in [3.05, 3.63) is 89.2 Å². The van der Waals surface area contributed by atoms with Crippen LogP contribution in [0.2, 0.25) is 0 Å². The van der Waals surface area contributed by atoms with Crippen molar-refractivity contribution in [1.82, 2.24) is 14.7 Å². The van der Waals surface area contributed by atoms with Gasteiger partial charge in [-0.1, -0.05) is 37.3 Å². The van der Waals surface area contributed by atoms with Gasteiger partial charge in [-0.05, 0) is 68.5 Å². The molecule has 0 saturated carbocycles. The van der Waals surface area contributed by atoms with Crippen LogP contribution in [0.25, 0.3) is 16.9 Å². The fraction of sp³-hybridized carbons (Fsp3) is 0.300. The number of nitriles is 1. The summed E-state index contributed by atoms with van der Waals surface area (Å²) in [7, 11) is 0. The summed E-state index contributed by atoms with van der Waals surface area (Å²) in [4.78, 5) is 17.8. The molecule has 4 aromatic rings. The zero-order chi connectivity index (χ0) is 26.4. The maximum Gasteiger partial charge on any atom is 0.251 e. The number of ether oxygens (including phenoxy) is 1. The first-order chi connectivity index (χ1) is 17.9. The van der Waals surface area contributed by atoms with Gasteiger partial charge in [0.15, 0.2) is 0 Å². The van der Waals surface area contributed by atoms with Gasteiger partial charge in [0.1, 0.15) is 17.5 Å². The molecule has 7 heteroatoms. The number of nitrogens with one attached hydrogen (secondary N) is 1. The van der Waals surface area contributed by atoms with Crippen molar-refractivity contribution < 1.29 is 14.6 Å². The number of hydrogen-bond donors (Lipinski definition) is 2. The van der Waals surface area contributed by atoms with E-state index in [2.05, 4.69) is 24.4 Å². The predicted molar refractivity (Wildman–Crippen MR) is 144 cm³/mol. The molecule has 0 spiro atoms. The Morgan fingerprint density at radius 2 is 1.97 bits per heavy atom. The van der Waals surface area contributed by atoms with Gasteiger partial charge in [0.05, 0.1) is 17.4 Å². The van der Waals surface area contributed by atoms with Gasteiger partial charge in [-0.2, -0.15) is 5.26 Å². The van der Waals surface area contributed by atoms with Crippen LogP contribution in [0, 0.1) is 11.3 Å². The maximum atomic E-state index is 12.9. The van der Waals surface area contributed by atoms with Crippen molar-refractivity contribution in [2.24, 2.45) is 0 Å². The van der Waals surface area contributed by atoms with E-state index in [0.717, 1.165) is 28.9 Å². The average Bonchev–Trinajstić information content (AvgIpc) is 3.33. The highest BCUT2D eigenvalue weighted by molar-refractivity contribution is 5.95. The lowest BCUT2D eigenvalue weighted by atomic mass is 10.0. The van der Waals surface area contributed by atoms with E-state index in [1.54, 1.807) is 12.1 Å². The van der Waals surface area contributed by atoms with Crippen molar-refractivity contribution in [3.63, 3.8) is 0 Å². The quantitative estimate of drug-likeness (QED) is 0.324. The lowest BCUT2D eigenvalue weighted by Gasteiger charge is -2.19. The molecule has 2 aromatic carbocycles. The number of amides is 1. The van der Waals surface area contributed by atoms with E-state index in [9.17, 15) is 15.2 Å². The smallest absolute Gasteiger partial charge is 0.251 e. The minimum atomic E-state index is -0.293. The molecule has 0 unspecified atom stereocenters. The molecular weight excluding hydrogens is 464 g/mol. The number of hydrogen-bond acceptors (Lipinski definition) is 5. The maximum absolute atomic E-state index is 12.9. The Balaban J connectivity index is 1.47. The summed E-state index contributed by atoms with van der Waals surface area (Å²) in [5.41, 5.74) is 5.84. The van der Waals surface area contributed by atoms with E-state index in [-0.39, 0.29) is 24.7 Å². The summed E-state index contributed by atoms with van der Waals surface area (Å²) >= 11 is 0. The summed E-state index contributed by atoms with van der Waals surface area (Å²) in [5.74, 6) is 0.164. The monoisotopic (exact) mass is 496 g/mol. The Labute approximate surface area is 217 Å². The molecule has 2 aromatic heterocycles. The van der Waals surface area contributed by atoms with E-state index in [4.69, 9.17) is 9.72 Å². The van der Waals surface area contributed by atoms with Gasteiger partial charge in [-0.3, -0.25) is 4.79 Å². The van der Waals surface area contributed by atoms with Crippen LogP contribution in [0.1, 0.15) is 54.2 Å². The zero-order valence-corrected chi connectivity index (χ0v) is 21.4. The van der Waals surface area contributed by atoms with Gasteiger partial charge in [-0.25, -0.2) is 4.98 Å². The molecule has 190 valence electrons. The average molecular weight is 497 g/mol. The first-order valence-electron chi connectivity index (χ1n) is 12.6. The number of aryl methyl sites for hydroxylation is 1. The lowest BCUT2D eigenvalue weighted by molar-refractivity contribution is 0.0930. The molecule has 0 aliphatic carbocycles. The van der Waals surface area contributed by atoms with Crippen molar-refractivity contribution >= 4 is 11.6 Å².